The molecule has 0 aliphatic carbocycles. The normalized spacial score (nSPS) is 24.5. The number of H-pyrrole nitrogens is 1. The molecular formula is C16H21ClN4O. The quantitative estimate of drug-likeness (QED) is 0.893. The highest BCUT2D eigenvalue weighted by molar-refractivity contribution is 6.31. The van der Waals surface area contributed by atoms with Crippen molar-refractivity contribution in [2.24, 2.45) is 0 Å². The summed E-state index contributed by atoms with van der Waals surface area (Å²) < 4.78 is 0. The van der Waals surface area contributed by atoms with Crippen molar-refractivity contribution >= 4 is 28.2 Å². The zero-order chi connectivity index (χ0) is 15.1. The number of nitrogens with one attached hydrogen (secondary N) is 1. The zero-order valence-corrected chi connectivity index (χ0v) is 13.3. The summed E-state index contributed by atoms with van der Waals surface area (Å²) in [6, 6.07) is 4.46. The number of rotatable bonds is 2. The number of aliphatic hydroxyl groups excluding tert-OH is 1. The maximum absolute atomic E-state index is 10.1. The first-order valence-corrected chi connectivity index (χ1v) is 8.41. The van der Waals surface area contributed by atoms with Crippen LogP contribution in [0.2, 0.25) is 5.02 Å². The number of anilines is 1. The Morgan fingerprint density at radius 1 is 1.18 bits per heavy atom. The highest BCUT2D eigenvalue weighted by Crippen LogP contribution is 2.33. The molecule has 3 heterocycles. The fourth-order valence-corrected chi connectivity index (χ4v) is 4.11. The maximum atomic E-state index is 10.1. The van der Waals surface area contributed by atoms with E-state index in [0.29, 0.717) is 6.04 Å². The van der Waals surface area contributed by atoms with Gasteiger partial charge in [0.2, 0.25) is 0 Å². The van der Waals surface area contributed by atoms with Gasteiger partial charge in [-0.15, -0.1) is 0 Å². The van der Waals surface area contributed by atoms with Crippen LogP contribution in [-0.2, 0) is 0 Å². The third kappa shape index (κ3) is 2.47. The molecule has 0 bridgehead atoms. The number of benzene rings is 1. The number of piperidine rings is 1. The van der Waals surface area contributed by atoms with Gasteiger partial charge in [0.25, 0.3) is 0 Å². The van der Waals surface area contributed by atoms with Gasteiger partial charge in [-0.1, -0.05) is 11.6 Å². The molecule has 118 valence electrons. The van der Waals surface area contributed by atoms with Crippen LogP contribution < -0.4 is 4.90 Å². The van der Waals surface area contributed by atoms with Crippen LogP contribution in [0.5, 0.6) is 0 Å². The molecule has 1 unspecified atom stereocenters. The first kappa shape index (κ1) is 14.3. The van der Waals surface area contributed by atoms with Crippen LogP contribution in [0.25, 0.3) is 10.9 Å². The third-order valence-corrected chi connectivity index (χ3v) is 5.26. The average Bonchev–Trinajstić information content (AvgIpc) is 3.15. The van der Waals surface area contributed by atoms with E-state index < -0.39 is 0 Å². The van der Waals surface area contributed by atoms with Gasteiger partial charge in [0, 0.05) is 41.8 Å². The molecule has 2 aromatic rings. The second-order valence-corrected chi connectivity index (χ2v) is 6.77. The molecular weight excluding hydrogens is 300 g/mol. The summed E-state index contributed by atoms with van der Waals surface area (Å²) in [6.45, 7) is 3.03. The molecule has 0 radical (unpaired) electrons. The number of hydrogen-bond acceptors (Lipinski definition) is 4. The van der Waals surface area contributed by atoms with Crippen LogP contribution in [0.4, 0.5) is 5.69 Å². The molecule has 6 heteroatoms. The number of hydrogen-bond donors (Lipinski definition) is 2. The Hall–Kier alpha value is -1.30. The Bertz CT molecular complexity index is 665. The lowest BCUT2D eigenvalue weighted by molar-refractivity contribution is 0.00177. The summed E-state index contributed by atoms with van der Waals surface area (Å²) in [6.07, 6.45) is 5.85. The van der Waals surface area contributed by atoms with Crippen molar-refractivity contribution in [2.75, 3.05) is 24.5 Å². The van der Waals surface area contributed by atoms with E-state index in [2.05, 4.69) is 20.0 Å². The van der Waals surface area contributed by atoms with Crippen LogP contribution >= 0.6 is 11.6 Å². The van der Waals surface area contributed by atoms with Crippen molar-refractivity contribution in [3.05, 3.63) is 23.4 Å². The van der Waals surface area contributed by atoms with Crippen molar-refractivity contribution in [1.29, 1.82) is 0 Å². The maximum Gasteiger partial charge on any atom is 0.107 e. The Morgan fingerprint density at radius 3 is 2.73 bits per heavy atom. The molecule has 2 fully saturated rings. The smallest absolute Gasteiger partial charge is 0.107 e. The molecule has 2 N–H and O–H groups in total. The average molecular weight is 321 g/mol. The minimum Gasteiger partial charge on any atom is -0.378 e. The monoisotopic (exact) mass is 320 g/mol. The van der Waals surface area contributed by atoms with Gasteiger partial charge in [0.1, 0.15) is 6.23 Å². The second kappa shape index (κ2) is 5.72. The second-order valence-electron chi connectivity index (χ2n) is 6.34. The van der Waals surface area contributed by atoms with Crippen molar-refractivity contribution in [1.82, 2.24) is 15.1 Å². The molecule has 2 aliphatic rings. The lowest BCUT2D eigenvalue weighted by Crippen LogP contribution is -2.46. The summed E-state index contributed by atoms with van der Waals surface area (Å²) in [7, 11) is 0. The van der Waals surface area contributed by atoms with Crippen LogP contribution in [0, 0.1) is 0 Å². The van der Waals surface area contributed by atoms with Gasteiger partial charge < -0.3 is 10.0 Å². The Balaban J connectivity index is 1.52. The first-order chi connectivity index (χ1) is 10.7. The zero-order valence-electron chi connectivity index (χ0n) is 12.5. The minimum atomic E-state index is -0.233. The van der Waals surface area contributed by atoms with Gasteiger partial charge >= 0.3 is 0 Å². The van der Waals surface area contributed by atoms with Crippen LogP contribution in [-0.4, -0.2) is 52.1 Å². The number of fused-ring (bicyclic) bond motifs is 1. The summed E-state index contributed by atoms with van der Waals surface area (Å²) in [4.78, 5) is 4.67. The van der Waals surface area contributed by atoms with Crippen LogP contribution in [0.3, 0.4) is 0 Å². The summed E-state index contributed by atoms with van der Waals surface area (Å²) >= 11 is 6.24. The Kier molecular flexibility index (Phi) is 3.72. The minimum absolute atomic E-state index is 0.233. The fraction of sp³-hybridized carbons (Fsp3) is 0.562. The number of aromatic amines is 1. The molecule has 5 nitrogen and oxygen atoms in total. The Labute approximate surface area is 134 Å². The molecule has 22 heavy (non-hydrogen) atoms. The topological polar surface area (TPSA) is 55.4 Å². The number of likely N-dealkylation sites (tertiary alicyclic amines) is 1. The summed E-state index contributed by atoms with van der Waals surface area (Å²) in [5.74, 6) is 0. The Morgan fingerprint density at radius 2 is 2.00 bits per heavy atom. The number of halogens is 1. The van der Waals surface area contributed by atoms with Crippen LogP contribution in [0.1, 0.15) is 25.7 Å². The van der Waals surface area contributed by atoms with Crippen LogP contribution in [0.15, 0.2) is 18.3 Å². The molecule has 1 atom stereocenters. The van der Waals surface area contributed by atoms with E-state index in [4.69, 9.17) is 11.6 Å². The van der Waals surface area contributed by atoms with E-state index in [1.54, 1.807) is 0 Å². The predicted octanol–water partition coefficient (Wildman–Crippen LogP) is 2.60. The van der Waals surface area contributed by atoms with Gasteiger partial charge in [0.05, 0.1) is 11.7 Å². The number of aliphatic hydroxyl groups is 1. The molecule has 2 saturated heterocycles. The SMILES string of the molecule is OC1CCCN1C1CCN(c2cc(Cl)cc3[nH]ncc23)CC1. The number of aromatic nitrogens is 2. The van der Waals surface area contributed by atoms with Gasteiger partial charge in [-0.05, 0) is 37.8 Å². The van der Waals surface area contributed by atoms with E-state index in [1.165, 1.54) is 0 Å². The first-order valence-electron chi connectivity index (χ1n) is 8.04. The van der Waals surface area contributed by atoms with E-state index in [9.17, 15) is 5.11 Å². The predicted molar refractivity (Wildman–Crippen MR) is 88.3 cm³/mol. The van der Waals surface area contributed by atoms with Crippen molar-refractivity contribution in [3.8, 4) is 0 Å². The molecule has 2 aliphatic heterocycles. The van der Waals surface area contributed by atoms with Gasteiger partial charge in [0.15, 0.2) is 0 Å². The highest BCUT2D eigenvalue weighted by Gasteiger charge is 2.32. The molecule has 0 spiro atoms. The van der Waals surface area contributed by atoms with Gasteiger partial charge in [-0.3, -0.25) is 10.00 Å². The van der Waals surface area contributed by atoms with Gasteiger partial charge in [-0.25, -0.2) is 0 Å². The fourth-order valence-electron chi connectivity index (χ4n) is 3.90. The summed E-state index contributed by atoms with van der Waals surface area (Å²) in [5, 5.41) is 19.1. The highest BCUT2D eigenvalue weighted by atomic mass is 35.5. The third-order valence-electron chi connectivity index (χ3n) is 5.04. The molecule has 0 amide bonds. The molecule has 1 aromatic carbocycles. The molecule has 4 rings (SSSR count). The van der Waals surface area contributed by atoms with Crippen molar-refractivity contribution in [3.63, 3.8) is 0 Å². The lowest BCUT2D eigenvalue weighted by atomic mass is 10.0. The molecule has 0 saturated carbocycles. The van der Waals surface area contributed by atoms with E-state index in [1.807, 2.05) is 18.3 Å². The standard InChI is InChI=1S/C16H21ClN4O/c17-11-8-14-13(10-18-19-14)15(9-11)20-6-3-12(4-7-20)21-5-1-2-16(21)22/h8-10,12,16,22H,1-7H2,(H,18,19). The van der Waals surface area contributed by atoms with E-state index in [-0.39, 0.29) is 6.23 Å². The summed E-state index contributed by atoms with van der Waals surface area (Å²) in [5.41, 5.74) is 2.15. The van der Waals surface area contributed by atoms with E-state index in [0.717, 1.165) is 66.9 Å². The van der Waals surface area contributed by atoms with E-state index >= 15 is 0 Å². The molecule has 1 aromatic heterocycles. The lowest BCUT2D eigenvalue weighted by Gasteiger charge is -2.39. The van der Waals surface area contributed by atoms with Crippen molar-refractivity contribution in [2.45, 2.75) is 38.0 Å². The number of nitrogens with zero attached hydrogens (tertiary/aromatic N) is 3. The van der Waals surface area contributed by atoms with Crippen molar-refractivity contribution < 1.29 is 5.11 Å². The largest absolute Gasteiger partial charge is 0.378 e. The van der Waals surface area contributed by atoms with Gasteiger partial charge in [-0.2, -0.15) is 5.10 Å².